The first-order chi connectivity index (χ1) is 14.3. The van der Waals surface area contributed by atoms with Crippen LogP contribution in [0.1, 0.15) is 18.1 Å². The summed E-state index contributed by atoms with van der Waals surface area (Å²) in [5.74, 6) is 1.11. The maximum atomic E-state index is 5.91. The fourth-order valence-electron chi connectivity index (χ4n) is 2.99. The van der Waals surface area contributed by atoms with Gasteiger partial charge in [0.05, 0.1) is 5.25 Å². The van der Waals surface area contributed by atoms with E-state index >= 15 is 0 Å². The zero-order chi connectivity index (χ0) is 19.6. The number of hydrogen-bond acceptors (Lipinski definition) is 7. The molecule has 0 spiro atoms. The van der Waals surface area contributed by atoms with Crippen LogP contribution in [-0.2, 0) is 0 Å². The predicted molar refractivity (Wildman–Crippen MR) is 117 cm³/mol. The van der Waals surface area contributed by atoms with Gasteiger partial charge in [-0.1, -0.05) is 60.3 Å². The van der Waals surface area contributed by atoms with E-state index in [0.717, 1.165) is 20.8 Å². The van der Waals surface area contributed by atoms with E-state index in [-0.39, 0.29) is 5.25 Å². The average molecular weight is 417 g/mol. The highest BCUT2D eigenvalue weighted by Crippen LogP contribution is 2.40. The molecular weight excluding hydrogens is 400 g/mol. The molecule has 7 heteroatoms. The summed E-state index contributed by atoms with van der Waals surface area (Å²) in [4.78, 5) is 11.1. The van der Waals surface area contributed by atoms with Crippen molar-refractivity contribution in [2.75, 3.05) is 0 Å². The molecule has 0 N–H and O–H groups in total. The second kappa shape index (κ2) is 7.77. The lowest BCUT2D eigenvalue weighted by Crippen LogP contribution is -1.91. The van der Waals surface area contributed by atoms with Crippen LogP contribution in [0, 0.1) is 0 Å². The molecule has 0 aliphatic heterocycles. The van der Waals surface area contributed by atoms with Crippen LogP contribution in [0.2, 0.25) is 0 Å². The molecule has 2 aromatic carbocycles. The topological polar surface area (TPSA) is 64.7 Å². The Balaban J connectivity index is 1.43. The predicted octanol–water partition coefficient (Wildman–Crippen LogP) is 6.26. The summed E-state index contributed by atoms with van der Waals surface area (Å²) in [5, 5.41) is 10.4. The number of rotatable bonds is 5. The fraction of sp³-hybridized carbons (Fsp3) is 0.0909. The number of thiophene rings is 1. The Morgan fingerprint density at radius 1 is 0.897 bits per heavy atom. The molecule has 3 aromatic heterocycles. The van der Waals surface area contributed by atoms with Crippen LogP contribution >= 0.6 is 23.1 Å². The van der Waals surface area contributed by atoms with Crippen molar-refractivity contribution < 1.29 is 4.42 Å². The quantitative estimate of drug-likeness (QED) is 0.249. The number of hydrogen-bond donors (Lipinski definition) is 0. The normalized spacial score (nSPS) is 12.3. The molecule has 5 nitrogen and oxygen atoms in total. The lowest BCUT2D eigenvalue weighted by Gasteiger charge is -2.06. The van der Waals surface area contributed by atoms with Gasteiger partial charge in [0.1, 0.15) is 16.2 Å². The van der Waals surface area contributed by atoms with Gasteiger partial charge in [-0.15, -0.1) is 21.5 Å². The minimum Gasteiger partial charge on any atom is -0.419 e. The molecule has 0 amide bonds. The van der Waals surface area contributed by atoms with E-state index in [1.54, 1.807) is 29.4 Å². The highest BCUT2D eigenvalue weighted by Gasteiger charge is 2.19. The van der Waals surface area contributed by atoms with Gasteiger partial charge >= 0.3 is 0 Å². The average Bonchev–Trinajstić information content (AvgIpc) is 3.43. The molecule has 0 aliphatic carbocycles. The third-order valence-electron chi connectivity index (χ3n) is 4.45. The van der Waals surface area contributed by atoms with Crippen molar-refractivity contribution in [1.82, 2.24) is 20.2 Å². The van der Waals surface area contributed by atoms with Crippen LogP contribution in [0.15, 0.2) is 82.5 Å². The molecule has 0 fully saturated rings. The van der Waals surface area contributed by atoms with Crippen molar-refractivity contribution in [3.8, 4) is 21.9 Å². The largest absolute Gasteiger partial charge is 0.419 e. The first-order valence-electron chi connectivity index (χ1n) is 9.13. The molecule has 0 aliphatic rings. The minimum absolute atomic E-state index is 0.0295. The maximum absolute atomic E-state index is 5.91. The number of benzene rings is 2. The lowest BCUT2D eigenvalue weighted by molar-refractivity contribution is 0.509. The number of aromatic nitrogens is 4. The SMILES string of the molecule is CC(Sc1ncnc2sc(-c3ccccc3)cc12)c1nnc(-c2ccccc2)o1. The summed E-state index contributed by atoms with van der Waals surface area (Å²) in [6.07, 6.45) is 1.62. The molecule has 1 unspecified atom stereocenters. The van der Waals surface area contributed by atoms with Gasteiger partial charge in [-0.3, -0.25) is 0 Å². The van der Waals surface area contributed by atoms with Crippen molar-refractivity contribution in [3.63, 3.8) is 0 Å². The number of fused-ring (bicyclic) bond motifs is 1. The summed E-state index contributed by atoms with van der Waals surface area (Å²) in [6, 6.07) is 22.3. The van der Waals surface area contributed by atoms with Gasteiger partial charge in [0.25, 0.3) is 0 Å². The van der Waals surface area contributed by atoms with Crippen molar-refractivity contribution in [2.24, 2.45) is 0 Å². The Kier molecular flexibility index (Phi) is 4.83. The van der Waals surface area contributed by atoms with E-state index in [9.17, 15) is 0 Å². The van der Waals surface area contributed by atoms with Crippen LogP contribution < -0.4 is 0 Å². The van der Waals surface area contributed by atoms with Crippen molar-refractivity contribution in [2.45, 2.75) is 17.2 Å². The van der Waals surface area contributed by atoms with Crippen LogP contribution in [0.3, 0.4) is 0 Å². The Labute approximate surface area is 175 Å². The molecule has 29 heavy (non-hydrogen) atoms. The molecule has 3 heterocycles. The zero-order valence-corrected chi connectivity index (χ0v) is 17.2. The van der Waals surface area contributed by atoms with Gasteiger partial charge in [0, 0.05) is 15.8 Å². The molecule has 1 atom stereocenters. The summed E-state index contributed by atoms with van der Waals surface area (Å²) >= 11 is 3.28. The molecule has 142 valence electrons. The highest BCUT2D eigenvalue weighted by atomic mass is 32.2. The Morgan fingerprint density at radius 2 is 1.62 bits per heavy atom. The lowest BCUT2D eigenvalue weighted by atomic mass is 10.2. The van der Waals surface area contributed by atoms with Crippen molar-refractivity contribution in [3.05, 3.63) is 78.9 Å². The van der Waals surface area contributed by atoms with Gasteiger partial charge < -0.3 is 4.42 Å². The van der Waals surface area contributed by atoms with E-state index in [4.69, 9.17) is 4.42 Å². The highest BCUT2D eigenvalue weighted by molar-refractivity contribution is 7.99. The second-order valence-electron chi connectivity index (χ2n) is 6.45. The van der Waals surface area contributed by atoms with Crippen molar-refractivity contribution >= 4 is 33.3 Å². The Bertz CT molecular complexity index is 1250. The summed E-state index contributed by atoms with van der Waals surface area (Å²) < 4.78 is 5.91. The van der Waals surface area contributed by atoms with Gasteiger partial charge in [0.15, 0.2) is 0 Å². The molecule has 5 rings (SSSR count). The van der Waals surface area contributed by atoms with Crippen LogP contribution in [0.4, 0.5) is 0 Å². The molecule has 5 aromatic rings. The summed E-state index contributed by atoms with van der Waals surface area (Å²) in [7, 11) is 0. The first kappa shape index (κ1) is 18.0. The third-order valence-corrected chi connectivity index (χ3v) is 6.64. The minimum atomic E-state index is -0.0295. The summed E-state index contributed by atoms with van der Waals surface area (Å²) in [5.41, 5.74) is 2.10. The molecule has 0 bridgehead atoms. The smallest absolute Gasteiger partial charge is 0.247 e. The molecule has 0 saturated heterocycles. The van der Waals surface area contributed by atoms with E-state index in [1.807, 2.05) is 55.5 Å². The maximum Gasteiger partial charge on any atom is 0.247 e. The third kappa shape index (κ3) is 3.66. The van der Waals surface area contributed by atoms with Crippen LogP contribution in [0.5, 0.6) is 0 Å². The molecule has 0 radical (unpaired) electrons. The van der Waals surface area contributed by atoms with Gasteiger partial charge in [-0.05, 0) is 30.7 Å². The fourth-order valence-corrected chi connectivity index (χ4v) is 4.98. The number of nitrogens with zero attached hydrogens (tertiary/aromatic N) is 4. The van der Waals surface area contributed by atoms with Gasteiger partial charge in [-0.2, -0.15) is 0 Å². The number of thioether (sulfide) groups is 1. The van der Waals surface area contributed by atoms with Crippen LogP contribution in [0.25, 0.3) is 32.1 Å². The van der Waals surface area contributed by atoms with E-state index in [2.05, 4.69) is 38.4 Å². The van der Waals surface area contributed by atoms with Gasteiger partial charge in [-0.25, -0.2) is 9.97 Å². The summed E-state index contributed by atoms with van der Waals surface area (Å²) in [6.45, 7) is 2.05. The molecule has 0 saturated carbocycles. The second-order valence-corrected chi connectivity index (χ2v) is 8.81. The van der Waals surface area contributed by atoms with Crippen molar-refractivity contribution in [1.29, 1.82) is 0 Å². The van der Waals surface area contributed by atoms with E-state index < -0.39 is 0 Å². The van der Waals surface area contributed by atoms with Crippen LogP contribution in [-0.4, -0.2) is 20.2 Å². The van der Waals surface area contributed by atoms with E-state index in [0.29, 0.717) is 11.8 Å². The Morgan fingerprint density at radius 3 is 2.38 bits per heavy atom. The molecular formula is C22H16N4OS2. The monoisotopic (exact) mass is 416 g/mol. The zero-order valence-electron chi connectivity index (χ0n) is 15.5. The van der Waals surface area contributed by atoms with E-state index in [1.165, 1.54) is 10.4 Å². The standard InChI is InChI=1S/C22H16N4OS2/c1-14(19-25-26-20(27-19)16-10-6-3-7-11-16)28-21-17-12-18(15-8-4-2-5-9-15)29-22(17)24-13-23-21/h2-14H,1H3. The first-order valence-corrected chi connectivity index (χ1v) is 10.8. The Hall–Kier alpha value is -3.03. The van der Waals surface area contributed by atoms with Gasteiger partial charge in [0.2, 0.25) is 11.8 Å².